The molecule has 6 aromatic rings. The van der Waals surface area contributed by atoms with E-state index in [1.54, 1.807) is 37.2 Å². The number of carboxylic acid groups (broad SMARTS) is 1. The van der Waals surface area contributed by atoms with E-state index in [4.69, 9.17) is 5.11 Å². The molecule has 1 N–H and O–H groups in total. The summed E-state index contributed by atoms with van der Waals surface area (Å²) < 4.78 is 7.79. The molecule has 7 rings (SSSR count). The van der Waals surface area contributed by atoms with Crippen molar-refractivity contribution in [1.29, 1.82) is 0 Å². The van der Waals surface area contributed by atoms with Gasteiger partial charge in [0.15, 0.2) is 23.3 Å². The molecule has 0 amide bonds. The average Bonchev–Trinajstić information content (AvgIpc) is 3.88. The summed E-state index contributed by atoms with van der Waals surface area (Å²) in [7, 11) is 7.82. The van der Waals surface area contributed by atoms with E-state index in [1.807, 2.05) is 102 Å². The molecule has 0 spiro atoms. The van der Waals surface area contributed by atoms with Crippen molar-refractivity contribution in [3.8, 4) is 34.7 Å². The van der Waals surface area contributed by atoms with E-state index < -0.39 is 5.97 Å². The fourth-order valence-corrected chi connectivity index (χ4v) is 4.98. The van der Waals surface area contributed by atoms with Crippen LogP contribution in [0.25, 0.3) is 34.7 Å². The van der Waals surface area contributed by atoms with Gasteiger partial charge in [-0.1, -0.05) is 6.07 Å². The van der Waals surface area contributed by atoms with E-state index in [0.29, 0.717) is 12.8 Å². The fraction of sp³-hybridized carbons (Fsp3) is 0.281. The minimum atomic E-state index is -0.682. The molecule has 0 aromatic carbocycles. The quantitative estimate of drug-likeness (QED) is 0.181. The normalized spacial score (nSPS) is 12.0. The molecule has 0 bridgehead atoms. The van der Waals surface area contributed by atoms with Gasteiger partial charge in [0.2, 0.25) is 0 Å². The van der Waals surface area contributed by atoms with Crippen molar-refractivity contribution in [2.75, 3.05) is 18.0 Å². The number of halogens is 3. The Morgan fingerprint density at radius 1 is 0.612 bits per heavy atom. The van der Waals surface area contributed by atoms with Crippen molar-refractivity contribution in [3.05, 3.63) is 92.3 Å². The third-order valence-electron chi connectivity index (χ3n) is 7.56. The predicted molar refractivity (Wildman–Crippen MR) is 171 cm³/mol. The van der Waals surface area contributed by atoms with Crippen molar-refractivity contribution in [2.24, 2.45) is 34.1 Å². The molecule has 1 aliphatic rings. The molecule has 1 saturated heterocycles. The van der Waals surface area contributed by atoms with Gasteiger partial charge in [0, 0.05) is 129 Å². The molecule has 13 nitrogen and oxygen atoms in total. The number of carbonyl (C=O) groups is 1. The summed E-state index contributed by atoms with van der Waals surface area (Å²) in [5, 5.41) is 9.05. The molecular formula is C32H37Cl3N11O2Os-3. The number of nitrogens with zero attached hydrogens (tertiary/aromatic N) is 11. The maximum absolute atomic E-state index is 11.0. The Labute approximate surface area is 317 Å². The van der Waals surface area contributed by atoms with Crippen molar-refractivity contribution in [1.82, 2.24) is 48.2 Å². The van der Waals surface area contributed by atoms with Crippen LogP contribution in [0, 0.1) is 5.92 Å². The number of aromatic nitrogens is 10. The van der Waals surface area contributed by atoms with Crippen molar-refractivity contribution >= 4 is 11.7 Å². The minimum Gasteiger partial charge on any atom is -1.00 e. The van der Waals surface area contributed by atoms with Gasteiger partial charge < -0.3 is 65.5 Å². The van der Waals surface area contributed by atoms with Crippen LogP contribution in [-0.2, 0) is 52.8 Å². The molecule has 1 aliphatic heterocycles. The van der Waals surface area contributed by atoms with Gasteiger partial charge in [0.1, 0.15) is 0 Å². The van der Waals surface area contributed by atoms with E-state index >= 15 is 0 Å². The number of piperidine rings is 1. The molecule has 0 saturated carbocycles. The van der Waals surface area contributed by atoms with E-state index in [1.165, 1.54) is 0 Å². The Bertz CT molecular complexity index is 1680. The monoisotopic (exact) mass is 904 g/mol. The second kappa shape index (κ2) is 20.4. The van der Waals surface area contributed by atoms with Crippen molar-refractivity contribution in [3.63, 3.8) is 0 Å². The number of imidazole rings is 4. The first kappa shape index (κ1) is 42.9. The maximum Gasteiger partial charge on any atom is 0.306 e. The molecule has 6 aromatic heterocycles. The summed E-state index contributed by atoms with van der Waals surface area (Å²) in [4.78, 5) is 38.7. The van der Waals surface area contributed by atoms with Gasteiger partial charge >= 0.3 is 5.97 Å². The van der Waals surface area contributed by atoms with Gasteiger partial charge in [-0.05, 0) is 37.1 Å². The number of anilines is 1. The summed E-state index contributed by atoms with van der Waals surface area (Å²) in [5.41, 5.74) is 2.77. The van der Waals surface area contributed by atoms with Gasteiger partial charge in [-0.3, -0.25) is 14.8 Å². The van der Waals surface area contributed by atoms with Gasteiger partial charge in [0.05, 0.1) is 17.3 Å². The van der Waals surface area contributed by atoms with E-state index in [0.717, 1.165) is 53.5 Å². The van der Waals surface area contributed by atoms with Crippen molar-refractivity contribution < 1.29 is 66.9 Å². The van der Waals surface area contributed by atoms with Crippen LogP contribution in [0.1, 0.15) is 12.8 Å². The third kappa shape index (κ3) is 11.0. The van der Waals surface area contributed by atoms with Crippen LogP contribution in [0.2, 0.25) is 0 Å². The molecule has 0 atom stereocenters. The number of pyridine rings is 2. The number of aliphatic carboxylic acids is 1. The molecule has 0 radical (unpaired) electrons. The first-order valence-corrected chi connectivity index (χ1v) is 14.6. The van der Waals surface area contributed by atoms with Crippen molar-refractivity contribution in [2.45, 2.75) is 12.8 Å². The van der Waals surface area contributed by atoms with Crippen LogP contribution < -0.4 is 42.1 Å². The summed E-state index contributed by atoms with van der Waals surface area (Å²) in [6.07, 6.45) is 19.6. The summed E-state index contributed by atoms with van der Waals surface area (Å²) in [6, 6.07) is 9.73. The third-order valence-corrected chi connectivity index (χ3v) is 7.56. The zero-order chi connectivity index (χ0) is 31.8. The first-order chi connectivity index (χ1) is 21.8. The van der Waals surface area contributed by atoms with Gasteiger partial charge in [0.25, 0.3) is 0 Å². The van der Waals surface area contributed by atoms with Crippen LogP contribution >= 0.6 is 0 Å². The van der Waals surface area contributed by atoms with E-state index in [-0.39, 0.29) is 62.9 Å². The Morgan fingerprint density at radius 3 is 1.39 bits per heavy atom. The van der Waals surface area contributed by atoms with Crippen LogP contribution in [0.5, 0.6) is 0 Å². The number of rotatable bonds is 5. The number of hydrogen-bond acceptors (Lipinski definition) is 8. The molecule has 1 fully saturated rings. The summed E-state index contributed by atoms with van der Waals surface area (Å²) in [6.45, 7) is 1.53. The standard InChI is InChI=1S/C16H17N3O2.2C8H10N4.3ClH.Os/c20-16(21)12-5-9-19(10-6-12)13-4-8-18-15(11-13)14-3-1-2-7-17-14;2*1-11-5-3-9-7(11)8-10-4-6-12(8)2;;;;/h1-4,7-8,11-12H,5-6,9-10H2,(H,20,21);2*3-6H,1-2H3;3*1H;/p-3. The van der Waals surface area contributed by atoms with Crippen LogP contribution in [-0.4, -0.2) is 72.3 Å². The zero-order valence-corrected chi connectivity index (χ0v) is 32.1. The average molecular weight is 904 g/mol. The number of carboxylic acids is 1. The fourth-order valence-electron chi connectivity index (χ4n) is 4.98. The van der Waals surface area contributed by atoms with Crippen LogP contribution in [0.3, 0.4) is 0 Å². The van der Waals surface area contributed by atoms with E-state index in [2.05, 4.69) is 34.8 Å². The zero-order valence-electron chi connectivity index (χ0n) is 27.3. The molecule has 49 heavy (non-hydrogen) atoms. The SMILES string of the molecule is Cn1ccnc1-c1nccn1C.Cn1ccnc1-c1nccn1C.O=C(O)C1CCN(c2ccnc(-c3ccccn3)c2)CC1.[Cl-].[Cl-].[Cl-].[Os]. The van der Waals surface area contributed by atoms with E-state index in [9.17, 15) is 4.79 Å². The topological polar surface area (TPSA) is 138 Å². The van der Waals surface area contributed by atoms with Crippen LogP contribution in [0.4, 0.5) is 5.69 Å². The van der Waals surface area contributed by atoms with Gasteiger partial charge in [-0.2, -0.15) is 0 Å². The summed E-state index contributed by atoms with van der Waals surface area (Å²) >= 11 is 0. The Balaban J connectivity index is 0.000000373. The number of aryl methyl sites for hydroxylation is 4. The Hall–Kier alpha value is -4.08. The number of hydrogen-bond donors (Lipinski definition) is 1. The molecule has 0 unspecified atom stereocenters. The Morgan fingerprint density at radius 2 is 1.04 bits per heavy atom. The second-order valence-corrected chi connectivity index (χ2v) is 10.7. The smallest absolute Gasteiger partial charge is 0.306 e. The molecular weight excluding hydrogens is 867 g/mol. The second-order valence-electron chi connectivity index (χ2n) is 10.7. The predicted octanol–water partition coefficient (Wildman–Crippen LogP) is -4.90. The molecule has 264 valence electrons. The maximum atomic E-state index is 11.0. The molecule has 0 aliphatic carbocycles. The van der Waals surface area contributed by atoms with Gasteiger partial charge in [-0.25, -0.2) is 19.9 Å². The minimum absolute atomic E-state index is 0. The largest absolute Gasteiger partial charge is 1.00 e. The summed E-state index contributed by atoms with van der Waals surface area (Å²) in [5.74, 6) is 2.67. The first-order valence-electron chi connectivity index (χ1n) is 14.6. The van der Waals surface area contributed by atoms with Crippen LogP contribution in [0.15, 0.2) is 92.3 Å². The Kier molecular flexibility index (Phi) is 17.9. The van der Waals surface area contributed by atoms with Gasteiger partial charge in [-0.15, -0.1) is 0 Å². The molecule has 17 heteroatoms. The molecule has 7 heterocycles.